The summed E-state index contributed by atoms with van der Waals surface area (Å²) in [6.45, 7) is 0.606. The molecule has 1 atom stereocenters. The lowest BCUT2D eigenvalue weighted by atomic mass is 10.2. The Morgan fingerprint density at radius 3 is 2.94 bits per heavy atom. The van der Waals surface area contributed by atoms with E-state index in [0.29, 0.717) is 13.0 Å². The molecule has 0 saturated heterocycles. The van der Waals surface area contributed by atoms with Crippen LogP contribution in [0.5, 0.6) is 0 Å². The maximum atomic E-state index is 10.7. The molecule has 1 heterocycles. The highest BCUT2D eigenvalue weighted by atomic mass is 16.4. The molecular formula is C13H17N3O2. The largest absolute Gasteiger partial charge is 0.480 e. The van der Waals surface area contributed by atoms with Gasteiger partial charge in [0.15, 0.2) is 0 Å². The van der Waals surface area contributed by atoms with E-state index in [2.05, 4.69) is 4.98 Å². The van der Waals surface area contributed by atoms with Gasteiger partial charge in [-0.3, -0.25) is 4.79 Å². The van der Waals surface area contributed by atoms with Crippen LogP contribution in [0.2, 0.25) is 0 Å². The van der Waals surface area contributed by atoms with Crippen LogP contribution in [0.15, 0.2) is 30.5 Å². The molecule has 2 aromatic rings. The summed E-state index contributed by atoms with van der Waals surface area (Å²) in [5, 5.41) is 9.88. The number of anilines is 1. The minimum atomic E-state index is -0.956. The number of fused-ring (bicyclic) bond motifs is 1. The van der Waals surface area contributed by atoms with Gasteiger partial charge in [-0.2, -0.15) is 0 Å². The molecular weight excluding hydrogens is 230 g/mol. The van der Waals surface area contributed by atoms with Gasteiger partial charge < -0.3 is 20.7 Å². The number of benzene rings is 1. The monoisotopic (exact) mass is 247 g/mol. The van der Waals surface area contributed by atoms with Gasteiger partial charge in [0.25, 0.3) is 0 Å². The molecule has 1 aromatic heterocycles. The number of aromatic nitrogens is 1. The van der Waals surface area contributed by atoms with Crippen molar-refractivity contribution < 1.29 is 9.90 Å². The average Bonchev–Trinajstić information content (AvgIpc) is 2.79. The van der Waals surface area contributed by atoms with Crippen LogP contribution < -0.4 is 10.6 Å². The summed E-state index contributed by atoms with van der Waals surface area (Å²) >= 11 is 0. The molecule has 0 aliphatic rings. The lowest BCUT2D eigenvalue weighted by Crippen LogP contribution is -2.34. The Kier molecular flexibility index (Phi) is 3.53. The number of H-pyrrole nitrogens is 1. The summed E-state index contributed by atoms with van der Waals surface area (Å²) in [6, 6.07) is 7.20. The van der Waals surface area contributed by atoms with Gasteiger partial charge in [0.2, 0.25) is 0 Å². The van der Waals surface area contributed by atoms with Crippen molar-refractivity contribution in [3.05, 3.63) is 30.5 Å². The lowest BCUT2D eigenvalue weighted by Gasteiger charge is -2.19. The first-order valence-corrected chi connectivity index (χ1v) is 5.85. The van der Waals surface area contributed by atoms with E-state index in [0.717, 1.165) is 16.6 Å². The highest BCUT2D eigenvalue weighted by Crippen LogP contribution is 2.25. The number of rotatable bonds is 5. The van der Waals surface area contributed by atoms with Crippen LogP contribution in [0.1, 0.15) is 6.42 Å². The Hall–Kier alpha value is -2.01. The van der Waals surface area contributed by atoms with Gasteiger partial charge in [-0.25, -0.2) is 0 Å². The first-order chi connectivity index (χ1) is 8.59. The zero-order chi connectivity index (χ0) is 13.1. The Bertz CT molecular complexity index is 550. The third kappa shape index (κ3) is 2.46. The third-order valence-corrected chi connectivity index (χ3v) is 3.07. The van der Waals surface area contributed by atoms with Crippen LogP contribution in [0, 0.1) is 0 Å². The minimum Gasteiger partial charge on any atom is -0.480 e. The molecule has 0 spiro atoms. The highest BCUT2D eigenvalue weighted by Gasteiger charge is 2.13. The second kappa shape index (κ2) is 5.10. The van der Waals surface area contributed by atoms with Crippen LogP contribution in [-0.2, 0) is 4.79 Å². The third-order valence-electron chi connectivity index (χ3n) is 3.07. The number of carboxylic acid groups (broad SMARTS) is 1. The normalized spacial score (nSPS) is 12.6. The maximum Gasteiger partial charge on any atom is 0.320 e. The SMILES string of the molecule is CN(CCC(N)C(=O)O)c1c[nH]c2ccccc12. The van der Waals surface area contributed by atoms with E-state index in [4.69, 9.17) is 10.8 Å². The number of aliphatic carboxylic acids is 1. The summed E-state index contributed by atoms with van der Waals surface area (Å²) in [5.41, 5.74) is 7.63. The molecule has 5 nitrogen and oxygen atoms in total. The van der Waals surface area contributed by atoms with Gasteiger partial charge in [-0.15, -0.1) is 0 Å². The Balaban J connectivity index is 2.09. The fraction of sp³-hybridized carbons (Fsp3) is 0.308. The van der Waals surface area contributed by atoms with Crippen molar-refractivity contribution in [3.8, 4) is 0 Å². The van der Waals surface area contributed by atoms with Crippen molar-refractivity contribution in [1.29, 1.82) is 0 Å². The van der Waals surface area contributed by atoms with Crippen LogP contribution in [0.25, 0.3) is 10.9 Å². The van der Waals surface area contributed by atoms with Crippen LogP contribution >= 0.6 is 0 Å². The summed E-state index contributed by atoms with van der Waals surface area (Å²) < 4.78 is 0. The summed E-state index contributed by atoms with van der Waals surface area (Å²) in [4.78, 5) is 15.9. The number of nitrogens with zero attached hydrogens (tertiary/aromatic N) is 1. The molecule has 4 N–H and O–H groups in total. The second-order valence-corrected chi connectivity index (χ2v) is 4.37. The first-order valence-electron chi connectivity index (χ1n) is 5.85. The smallest absolute Gasteiger partial charge is 0.320 e. The van der Waals surface area contributed by atoms with Crippen molar-refractivity contribution in [2.24, 2.45) is 5.73 Å². The first kappa shape index (κ1) is 12.4. The van der Waals surface area contributed by atoms with E-state index in [1.54, 1.807) is 0 Å². The van der Waals surface area contributed by atoms with Crippen LogP contribution in [-0.4, -0.2) is 35.7 Å². The molecule has 0 amide bonds. The Morgan fingerprint density at radius 1 is 1.50 bits per heavy atom. The van der Waals surface area contributed by atoms with E-state index in [9.17, 15) is 4.79 Å². The number of para-hydroxylation sites is 1. The maximum absolute atomic E-state index is 10.7. The fourth-order valence-corrected chi connectivity index (χ4v) is 1.95. The van der Waals surface area contributed by atoms with Gasteiger partial charge in [-0.1, -0.05) is 18.2 Å². The van der Waals surface area contributed by atoms with Gasteiger partial charge in [0.1, 0.15) is 6.04 Å². The molecule has 0 radical (unpaired) electrons. The Labute approximate surface area is 105 Å². The summed E-state index contributed by atoms with van der Waals surface area (Å²) in [7, 11) is 1.93. The molecule has 0 saturated carbocycles. The molecule has 96 valence electrons. The Morgan fingerprint density at radius 2 is 2.22 bits per heavy atom. The molecule has 1 aromatic carbocycles. The quantitative estimate of drug-likeness (QED) is 0.746. The zero-order valence-corrected chi connectivity index (χ0v) is 10.3. The molecule has 5 heteroatoms. The molecule has 18 heavy (non-hydrogen) atoms. The molecule has 1 unspecified atom stereocenters. The van der Waals surface area contributed by atoms with Crippen molar-refractivity contribution in [2.75, 3.05) is 18.5 Å². The zero-order valence-electron chi connectivity index (χ0n) is 10.3. The fourth-order valence-electron chi connectivity index (χ4n) is 1.95. The average molecular weight is 247 g/mol. The van der Waals surface area contributed by atoms with Crippen molar-refractivity contribution >= 4 is 22.6 Å². The van der Waals surface area contributed by atoms with E-state index < -0.39 is 12.0 Å². The number of hydrogen-bond acceptors (Lipinski definition) is 3. The van der Waals surface area contributed by atoms with Crippen molar-refractivity contribution in [1.82, 2.24) is 4.98 Å². The van der Waals surface area contributed by atoms with Crippen LogP contribution in [0.3, 0.4) is 0 Å². The number of carboxylic acids is 1. The molecule has 0 aliphatic carbocycles. The summed E-state index contributed by atoms with van der Waals surface area (Å²) in [6.07, 6.45) is 2.35. The number of nitrogens with two attached hydrogens (primary N) is 1. The predicted molar refractivity (Wildman–Crippen MR) is 71.8 cm³/mol. The standard InChI is InChI=1S/C13H17N3O2/c1-16(7-6-10(14)13(17)18)12-8-15-11-5-3-2-4-9(11)12/h2-5,8,10,15H,6-7,14H2,1H3,(H,17,18). The van der Waals surface area contributed by atoms with Gasteiger partial charge in [-0.05, 0) is 12.5 Å². The molecule has 2 rings (SSSR count). The predicted octanol–water partition coefficient (Wildman–Crippen LogP) is 1.41. The number of carbonyl (C=O) groups is 1. The van der Waals surface area contributed by atoms with Gasteiger partial charge in [0.05, 0.1) is 5.69 Å². The van der Waals surface area contributed by atoms with Gasteiger partial charge in [0, 0.05) is 30.7 Å². The topological polar surface area (TPSA) is 82.3 Å². The number of nitrogens with one attached hydrogen (secondary N) is 1. The summed E-state index contributed by atoms with van der Waals surface area (Å²) in [5.74, 6) is -0.956. The molecule has 0 aliphatic heterocycles. The number of hydrogen-bond donors (Lipinski definition) is 3. The van der Waals surface area contributed by atoms with Crippen LogP contribution in [0.4, 0.5) is 5.69 Å². The van der Waals surface area contributed by atoms with E-state index in [-0.39, 0.29) is 0 Å². The highest BCUT2D eigenvalue weighted by molar-refractivity contribution is 5.92. The number of aromatic amines is 1. The second-order valence-electron chi connectivity index (χ2n) is 4.37. The molecule has 0 bridgehead atoms. The van der Waals surface area contributed by atoms with E-state index in [1.165, 1.54) is 0 Å². The van der Waals surface area contributed by atoms with E-state index >= 15 is 0 Å². The molecule has 0 fully saturated rings. The van der Waals surface area contributed by atoms with E-state index in [1.807, 2.05) is 42.4 Å². The van der Waals surface area contributed by atoms with Crippen molar-refractivity contribution in [3.63, 3.8) is 0 Å². The lowest BCUT2D eigenvalue weighted by molar-refractivity contribution is -0.138. The minimum absolute atomic E-state index is 0.422. The van der Waals surface area contributed by atoms with Gasteiger partial charge >= 0.3 is 5.97 Å². The van der Waals surface area contributed by atoms with Crippen molar-refractivity contribution in [2.45, 2.75) is 12.5 Å².